The lowest BCUT2D eigenvalue weighted by Crippen LogP contribution is -2.15. The molecule has 54 heavy (non-hydrogen) atoms. The van der Waals surface area contributed by atoms with Gasteiger partial charge in [0, 0.05) is 22.1 Å². The normalized spacial score (nSPS) is 12.8. The molecule has 0 unspecified atom stereocenters. The van der Waals surface area contributed by atoms with Gasteiger partial charge in [0.25, 0.3) is 0 Å². The Kier molecular flexibility index (Phi) is 7.56. The molecule has 0 aromatic heterocycles. The Bertz CT molecular complexity index is 2840. The minimum atomic E-state index is -0.0737. The van der Waals surface area contributed by atoms with Crippen molar-refractivity contribution in [1.82, 2.24) is 0 Å². The number of nitrogens with zero attached hydrogens (tertiary/aromatic N) is 1. The van der Waals surface area contributed by atoms with Crippen LogP contribution in [0, 0.1) is 0 Å². The van der Waals surface area contributed by atoms with Crippen molar-refractivity contribution < 1.29 is 0 Å². The van der Waals surface area contributed by atoms with E-state index in [1.54, 1.807) is 0 Å². The largest absolute Gasteiger partial charge is 0.309 e. The Labute approximate surface area is 317 Å². The van der Waals surface area contributed by atoms with Gasteiger partial charge in [0.1, 0.15) is 0 Å². The summed E-state index contributed by atoms with van der Waals surface area (Å²) in [4.78, 5) is 2.45. The topological polar surface area (TPSA) is 3.24 Å². The van der Waals surface area contributed by atoms with Gasteiger partial charge in [-0.3, -0.25) is 0 Å². The average molecular weight is 690 g/mol. The highest BCUT2D eigenvalue weighted by Crippen LogP contribution is 2.54. The van der Waals surface area contributed by atoms with Crippen molar-refractivity contribution in [2.75, 3.05) is 4.90 Å². The van der Waals surface area contributed by atoms with Crippen molar-refractivity contribution in [3.05, 3.63) is 211 Å². The monoisotopic (exact) mass is 689 g/mol. The maximum atomic E-state index is 2.45. The summed E-state index contributed by atoms with van der Waals surface area (Å²) in [5.41, 5.74) is 16.1. The van der Waals surface area contributed by atoms with Crippen LogP contribution >= 0.6 is 0 Å². The van der Waals surface area contributed by atoms with E-state index in [9.17, 15) is 0 Å². The van der Waals surface area contributed by atoms with Crippen LogP contribution in [0.25, 0.3) is 66.1 Å². The Morgan fingerprint density at radius 2 is 0.870 bits per heavy atom. The molecule has 1 nitrogen and oxygen atoms in total. The van der Waals surface area contributed by atoms with Crippen LogP contribution in [-0.2, 0) is 5.41 Å². The van der Waals surface area contributed by atoms with Crippen LogP contribution in [0.2, 0.25) is 0 Å². The van der Waals surface area contributed by atoms with Gasteiger partial charge in [-0.05, 0) is 96.6 Å². The number of hydrogen-bond acceptors (Lipinski definition) is 1. The van der Waals surface area contributed by atoms with Crippen LogP contribution in [0.15, 0.2) is 200 Å². The highest BCUT2D eigenvalue weighted by atomic mass is 15.1. The third kappa shape index (κ3) is 5.24. The van der Waals surface area contributed by atoms with E-state index >= 15 is 0 Å². The maximum Gasteiger partial charge on any atom is 0.0540 e. The van der Waals surface area contributed by atoms with Crippen LogP contribution in [0.3, 0.4) is 0 Å². The van der Waals surface area contributed by atoms with Crippen molar-refractivity contribution in [1.29, 1.82) is 0 Å². The predicted molar refractivity (Wildman–Crippen MR) is 230 cm³/mol. The summed E-state index contributed by atoms with van der Waals surface area (Å²) in [6.45, 7) is 4.71. The van der Waals surface area contributed by atoms with Crippen molar-refractivity contribution >= 4 is 38.6 Å². The third-order valence-electron chi connectivity index (χ3n) is 11.5. The average Bonchev–Trinajstić information content (AvgIpc) is 3.47. The molecule has 9 aromatic rings. The van der Waals surface area contributed by atoms with Gasteiger partial charge >= 0.3 is 0 Å². The van der Waals surface area contributed by atoms with Gasteiger partial charge < -0.3 is 4.90 Å². The minimum Gasteiger partial charge on any atom is -0.309 e. The van der Waals surface area contributed by atoms with Gasteiger partial charge in [0.15, 0.2) is 0 Å². The smallest absolute Gasteiger partial charge is 0.0540 e. The van der Waals surface area contributed by atoms with Gasteiger partial charge in [0.2, 0.25) is 0 Å². The quantitative estimate of drug-likeness (QED) is 0.168. The number of hydrogen-bond donors (Lipinski definition) is 0. The summed E-state index contributed by atoms with van der Waals surface area (Å²) in [5.74, 6) is 0. The maximum absolute atomic E-state index is 2.45. The first-order chi connectivity index (χ1) is 26.5. The molecule has 0 aliphatic heterocycles. The second-order valence-electron chi connectivity index (χ2n) is 14.9. The molecule has 1 aliphatic carbocycles. The van der Waals surface area contributed by atoms with E-state index in [1.165, 1.54) is 77.2 Å². The number of benzene rings is 9. The van der Waals surface area contributed by atoms with E-state index in [-0.39, 0.29) is 5.41 Å². The molecule has 0 atom stereocenters. The van der Waals surface area contributed by atoms with Crippen LogP contribution in [0.4, 0.5) is 17.1 Å². The van der Waals surface area contributed by atoms with E-state index in [0.29, 0.717) is 0 Å². The lowest BCUT2D eigenvalue weighted by Gasteiger charge is -2.30. The van der Waals surface area contributed by atoms with Crippen molar-refractivity contribution in [2.24, 2.45) is 0 Å². The fourth-order valence-electron chi connectivity index (χ4n) is 8.71. The lowest BCUT2D eigenvalue weighted by atomic mass is 9.82. The molecule has 9 aromatic carbocycles. The molecular formula is C53H39N. The van der Waals surface area contributed by atoms with Gasteiger partial charge in [-0.15, -0.1) is 0 Å². The van der Waals surface area contributed by atoms with Crippen molar-refractivity contribution in [2.45, 2.75) is 19.3 Å². The van der Waals surface area contributed by atoms with E-state index in [0.717, 1.165) is 17.1 Å². The van der Waals surface area contributed by atoms with E-state index in [2.05, 4.69) is 219 Å². The highest BCUT2D eigenvalue weighted by Gasteiger charge is 2.37. The standard InChI is InChI=1S/C53H39N/c1-53(2)48-21-9-7-19-47(48)52-46(20-12-22-49(52)53)45-18-8-10-23-51(45)54(50-24-11-16-40-14-5-6-17-44(40)50)43-33-31-38(32-34-43)37-25-27-39(28-26-37)42-30-29-36-13-3-4-15-41(36)35-42/h3-35H,1-2H3. The molecule has 1 heteroatoms. The summed E-state index contributed by atoms with van der Waals surface area (Å²) in [6, 6.07) is 73.4. The number of rotatable bonds is 6. The number of para-hydroxylation sites is 1. The van der Waals surface area contributed by atoms with Crippen LogP contribution in [0.5, 0.6) is 0 Å². The fourth-order valence-corrected chi connectivity index (χ4v) is 8.71. The number of fused-ring (bicyclic) bond motifs is 5. The molecule has 1 aliphatic rings. The Morgan fingerprint density at radius 3 is 1.67 bits per heavy atom. The molecule has 10 rings (SSSR count). The van der Waals surface area contributed by atoms with Gasteiger partial charge in [-0.25, -0.2) is 0 Å². The lowest BCUT2D eigenvalue weighted by molar-refractivity contribution is 0.660. The van der Waals surface area contributed by atoms with Crippen LogP contribution in [-0.4, -0.2) is 0 Å². The highest BCUT2D eigenvalue weighted by molar-refractivity contribution is 6.03. The predicted octanol–water partition coefficient (Wildman–Crippen LogP) is 14.8. The van der Waals surface area contributed by atoms with Crippen molar-refractivity contribution in [3.63, 3.8) is 0 Å². The molecule has 0 heterocycles. The first kappa shape index (κ1) is 32.0. The molecule has 0 fully saturated rings. The molecule has 0 amide bonds. The second-order valence-corrected chi connectivity index (χ2v) is 14.9. The molecule has 0 N–H and O–H groups in total. The summed E-state index contributed by atoms with van der Waals surface area (Å²) < 4.78 is 0. The molecule has 0 spiro atoms. The summed E-state index contributed by atoms with van der Waals surface area (Å²) in [6.07, 6.45) is 0. The zero-order valence-electron chi connectivity index (χ0n) is 30.5. The Balaban J connectivity index is 1.09. The van der Waals surface area contributed by atoms with E-state index in [1.807, 2.05) is 0 Å². The molecule has 0 radical (unpaired) electrons. The SMILES string of the molecule is CC1(C)c2ccccc2-c2c(-c3ccccc3N(c3ccc(-c4ccc(-c5ccc6ccccc6c5)cc4)cc3)c3cccc4ccccc34)cccc21. The molecule has 0 saturated carbocycles. The molecular weight excluding hydrogens is 651 g/mol. The number of anilines is 3. The molecule has 0 bridgehead atoms. The third-order valence-corrected chi connectivity index (χ3v) is 11.5. The summed E-state index contributed by atoms with van der Waals surface area (Å²) in [7, 11) is 0. The van der Waals surface area contributed by atoms with Gasteiger partial charge in [-0.1, -0.05) is 184 Å². The fraction of sp³-hybridized carbons (Fsp3) is 0.0566. The molecule has 256 valence electrons. The Morgan fingerprint density at radius 1 is 0.352 bits per heavy atom. The first-order valence-corrected chi connectivity index (χ1v) is 18.8. The van der Waals surface area contributed by atoms with Crippen LogP contribution in [0.1, 0.15) is 25.0 Å². The van der Waals surface area contributed by atoms with Gasteiger partial charge in [-0.2, -0.15) is 0 Å². The van der Waals surface area contributed by atoms with Crippen LogP contribution < -0.4 is 4.90 Å². The van der Waals surface area contributed by atoms with E-state index < -0.39 is 0 Å². The van der Waals surface area contributed by atoms with Gasteiger partial charge in [0.05, 0.1) is 11.4 Å². The summed E-state index contributed by atoms with van der Waals surface area (Å²) >= 11 is 0. The zero-order chi connectivity index (χ0) is 36.2. The van der Waals surface area contributed by atoms with E-state index in [4.69, 9.17) is 0 Å². The van der Waals surface area contributed by atoms with Crippen molar-refractivity contribution in [3.8, 4) is 44.5 Å². The molecule has 0 saturated heterocycles. The second kappa shape index (κ2) is 12.8. The Hall–Kier alpha value is -6.70. The zero-order valence-corrected chi connectivity index (χ0v) is 30.5. The minimum absolute atomic E-state index is 0.0737. The first-order valence-electron chi connectivity index (χ1n) is 18.8. The summed E-state index contributed by atoms with van der Waals surface area (Å²) in [5, 5.41) is 4.96.